The molecule has 0 spiro atoms. The molecule has 0 unspecified atom stereocenters. The molecule has 1 atom stereocenters. The van der Waals surface area contributed by atoms with Gasteiger partial charge in [0.25, 0.3) is 5.91 Å². The lowest BCUT2D eigenvalue weighted by atomic mass is 10.1. The fourth-order valence-corrected chi connectivity index (χ4v) is 4.10. The van der Waals surface area contributed by atoms with E-state index in [9.17, 15) is 9.59 Å². The highest BCUT2D eigenvalue weighted by atomic mass is 32.1. The summed E-state index contributed by atoms with van der Waals surface area (Å²) in [5.74, 6) is -0.779. The monoisotopic (exact) mass is 328 g/mol. The van der Waals surface area contributed by atoms with Gasteiger partial charge < -0.3 is 11.1 Å². The van der Waals surface area contributed by atoms with Crippen molar-refractivity contribution in [2.45, 2.75) is 38.1 Å². The molecule has 1 aliphatic carbocycles. The summed E-state index contributed by atoms with van der Waals surface area (Å²) in [4.78, 5) is 26.2. The number of hydrogen-bond acceptors (Lipinski definition) is 3. The highest BCUT2D eigenvalue weighted by Gasteiger charge is 2.23. The van der Waals surface area contributed by atoms with Gasteiger partial charge in [0.05, 0.1) is 4.88 Å². The minimum Gasteiger partial charge on any atom is -0.368 e. The second-order valence-corrected chi connectivity index (χ2v) is 6.98. The number of amides is 2. The summed E-state index contributed by atoms with van der Waals surface area (Å²) >= 11 is 1.54. The summed E-state index contributed by atoms with van der Waals surface area (Å²) in [6, 6.07) is 10.3. The van der Waals surface area contributed by atoms with Crippen LogP contribution in [0.4, 0.5) is 0 Å². The quantitative estimate of drug-likeness (QED) is 0.847. The Balaban J connectivity index is 1.78. The van der Waals surface area contributed by atoms with E-state index in [-0.39, 0.29) is 5.91 Å². The van der Waals surface area contributed by atoms with Crippen LogP contribution in [-0.4, -0.2) is 11.8 Å². The van der Waals surface area contributed by atoms with Gasteiger partial charge in [-0.25, -0.2) is 0 Å². The van der Waals surface area contributed by atoms with Crippen molar-refractivity contribution < 1.29 is 9.59 Å². The fraction of sp³-hybridized carbons (Fsp3) is 0.333. The Kier molecular flexibility index (Phi) is 4.76. The number of nitrogens with one attached hydrogen (secondary N) is 1. The van der Waals surface area contributed by atoms with Crippen LogP contribution in [-0.2, 0) is 17.6 Å². The maximum atomic E-state index is 12.5. The first-order valence-electron chi connectivity index (χ1n) is 7.92. The van der Waals surface area contributed by atoms with Crippen LogP contribution in [0.25, 0.3) is 0 Å². The number of thiophene rings is 1. The Morgan fingerprint density at radius 1 is 1.09 bits per heavy atom. The molecule has 5 heteroatoms. The van der Waals surface area contributed by atoms with Crippen molar-refractivity contribution in [3.05, 3.63) is 57.3 Å². The molecule has 1 aromatic heterocycles. The second kappa shape index (κ2) is 6.96. The number of fused-ring (bicyclic) bond motifs is 1. The molecule has 4 nitrogen and oxygen atoms in total. The molecule has 0 saturated carbocycles. The van der Waals surface area contributed by atoms with Gasteiger partial charge in [0.2, 0.25) is 5.91 Å². The Morgan fingerprint density at radius 3 is 2.57 bits per heavy atom. The van der Waals surface area contributed by atoms with Gasteiger partial charge >= 0.3 is 0 Å². The maximum absolute atomic E-state index is 12.5. The van der Waals surface area contributed by atoms with Crippen molar-refractivity contribution in [1.29, 1.82) is 0 Å². The normalized spacial score (nSPS) is 15.3. The van der Waals surface area contributed by atoms with Gasteiger partial charge in [-0.05, 0) is 42.9 Å². The molecule has 0 radical (unpaired) electrons. The first-order chi connectivity index (χ1) is 11.1. The number of aryl methyl sites for hydroxylation is 2. The maximum Gasteiger partial charge on any atom is 0.262 e. The summed E-state index contributed by atoms with van der Waals surface area (Å²) in [5.41, 5.74) is 7.45. The Morgan fingerprint density at radius 2 is 1.83 bits per heavy atom. The van der Waals surface area contributed by atoms with E-state index in [4.69, 9.17) is 5.73 Å². The van der Waals surface area contributed by atoms with Crippen molar-refractivity contribution in [2.24, 2.45) is 5.73 Å². The van der Waals surface area contributed by atoms with E-state index in [2.05, 4.69) is 5.32 Å². The van der Waals surface area contributed by atoms with Gasteiger partial charge in [0.15, 0.2) is 0 Å². The summed E-state index contributed by atoms with van der Waals surface area (Å²) < 4.78 is 0. The fourth-order valence-electron chi connectivity index (χ4n) is 2.95. The van der Waals surface area contributed by atoms with E-state index in [0.717, 1.165) is 12.8 Å². The number of rotatable bonds is 4. The topological polar surface area (TPSA) is 72.2 Å². The average molecular weight is 328 g/mol. The zero-order chi connectivity index (χ0) is 16.2. The molecule has 0 fully saturated rings. The molecule has 23 heavy (non-hydrogen) atoms. The number of carbonyl (C=O) groups is 2. The standard InChI is InChI=1S/C18H20N2O2S/c19-17(21)16(12-7-3-1-4-8-12)20-18(22)15-11-13-9-5-2-6-10-14(13)23-15/h1,3-4,7-8,11,16H,2,5-6,9-10H2,(H2,19,21)(H,20,22)/t16-/m1/s1. The summed E-state index contributed by atoms with van der Waals surface area (Å²) in [7, 11) is 0. The van der Waals surface area contributed by atoms with E-state index in [1.807, 2.05) is 24.3 Å². The average Bonchev–Trinajstić information content (AvgIpc) is 2.84. The lowest BCUT2D eigenvalue weighted by molar-refractivity contribution is -0.120. The molecule has 1 aliphatic rings. The van der Waals surface area contributed by atoms with Crippen LogP contribution in [0.15, 0.2) is 36.4 Å². The zero-order valence-corrected chi connectivity index (χ0v) is 13.7. The SMILES string of the molecule is NC(=O)[C@H](NC(=O)c1cc2c(s1)CCCCC2)c1ccccc1. The highest BCUT2D eigenvalue weighted by molar-refractivity contribution is 7.14. The predicted molar refractivity (Wildman–Crippen MR) is 91.4 cm³/mol. The number of primary amides is 1. The van der Waals surface area contributed by atoms with Crippen LogP contribution in [0.3, 0.4) is 0 Å². The summed E-state index contributed by atoms with van der Waals surface area (Å²) in [5, 5.41) is 2.77. The van der Waals surface area contributed by atoms with E-state index < -0.39 is 11.9 Å². The van der Waals surface area contributed by atoms with Gasteiger partial charge in [-0.3, -0.25) is 9.59 Å². The molecule has 1 heterocycles. The van der Waals surface area contributed by atoms with Crippen LogP contribution in [0, 0.1) is 0 Å². The zero-order valence-electron chi connectivity index (χ0n) is 12.9. The number of benzene rings is 1. The van der Waals surface area contributed by atoms with Crippen LogP contribution in [0.1, 0.15) is 51.0 Å². The molecular formula is C18H20N2O2S. The third-order valence-corrected chi connectivity index (χ3v) is 5.40. The molecule has 0 bridgehead atoms. The van der Waals surface area contributed by atoms with E-state index in [1.54, 1.807) is 23.5 Å². The lowest BCUT2D eigenvalue weighted by Crippen LogP contribution is -2.37. The van der Waals surface area contributed by atoms with Crippen molar-refractivity contribution in [1.82, 2.24) is 5.32 Å². The van der Waals surface area contributed by atoms with Crippen molar-refractivity contribution in [2.75, 3.05) is 0 Å². The van der Waals surface area contributed by atoms with E-state index in [0.29, 0.717) is 10.4 Å². The minimum absolute atomic E-state index is 0.226. The third kappa shape index (κ3) is 3.62. The first kappa shape index (κ1) is 15.7. The Labute approximate surface area is 139 Å². The summed E-state index contributed by atoms with van der Waals surface area (Å²) in [6.07, 6.45) is 5.70. The molecular weight excluding hydrogens is 308 g/mol. The van der Waals surface area contributed by atoms with Crippen LogP contribution < -0.4 is 11.1 Å². The van der Waals surface area contributed by atoms with Crippen molar-refractivity contribution >= 4 is 23.2 Å². The Hall–Kier alpha value is -2.14. The summed E-state index contributed by atoms with van der Waals surface area (Å²) in [6.45, 7) is 0. The molecule has 0 aliphatic heterocycles. The molecule has 2 aromatic rings. The first-order valence-corrected chi connectivity index (χ1v) is 8.73. The second-order valence-electron chi connectivity index (χ2n) is 5.84. The molecule has 3 rings (SSSR count). The van der Waals surface area contributed by atoms with Crippen LogP contribution in [0.5, 0.6) is 0 Å². The molecule has 1 aromatic carbocycles. The molecule has 2 amide bonds. The van der Waals surface area contributed by atoms with Gasteiger partial charge in [-0.1, -0.05) is 36.8 Å². The van der Waals surface area contributed by atoms with Gasteiger partial charge in [0, 0.05) is 4.88 Å². The largest absolute Gasteiger partial charge is 0.368 e. The van der Waals surface area contributed by atoms with Crippen LogP contribution in [0.2, 0.25) is 0 Å². The number of hydrogen-bond donors (Lipinski definition) is 2. The van der Waals surface area contributed by atoms with Crippen LogP contribution >= 0.6 is 11.3 Å². The number of carbonyl (C=O) groups excluding carboxylic acids is 2. The smallest absolute Gasteiger partial charge is 0.262 e. The van der Waals surface area contributed by atoms with E-state index >= 15 is 0 Å². The molecule has 3 N–H and O–H groups in total. The van der Waals surface area contributed by atoms with Gasteiger partial charge in [-0.2, -0.15) is 0 Å². The Bertz CT molecular complexity index is 686. The van der Waals surface area contributed by atoms with Crippen molar-refractivity contribution in [3.8, 4) is 0 Å². The minimum atomic E-state index is -0.800. The lowest BCUT2D eigenvalue weighted by Gasteiger charge is -2.15. The number of nitrogens with two attached hydrogens (primary N) is 1. The van der Waals surface area contributed by atoms with E-state index in [1.165, 1.54) is 29.7 Å². The predicted octanol–water partition coefficient (Wildman–Crippen LogP) is 2.97. The molecule has 0 saturated heterocycles. The third-order valence-electron chi connectivity index (χ3n) is 4.16. The van der Waals surface area contributed by atoms with Gasteiger partial charge in [0.1, 0.15) is 6.04 Å². The molecule has 120 valence electrons. The van der Waals surface area contributed by atoms with Crippen molar-refractivity contribution in [3.63, 3.8) is 0 Å². The highest BCUT2D eigenvalue weighted by Crippen LogP contribution is 2.29. The van der Waals surface area contributed by atoms with Gasteiger partial charge in [-0.15, -0.1) is 11.3 Å².